The largest absolute Gasteiger partial charge is 0.372 e. The quantitative estimate of drug-likeness (QED) is 0.551. The van der Waals surface area contributed by atoms with Crippen LogP contribution in [0, 0.1) is 0 Å². The number of Topliss-reactive ketones (excluding diaryl/α,β-unsaturated/α-hetero) is 1. The van der Waals surface area contributed by atoms with E-state index in [1.54, 1.807) is 31.2 Å². The van der Waals surface area contributed by atoms with Crippen LogP contribution in [-0.2, 0) is 9.59 Å². The molecular formula is C24H27N3O3. The first-order chi connectivity index (χ1) is 14.4. The van der Waals surface area contributed by atoms with E-state index in [0.717, 1.165) is 18.8 Å². The summed E-state index contributed by atoms with van der Waals surface area (Å²) < 4.78 is 0. The summed E-state index contributed by atoms with van der Waals surface area (Å²) in [6, 6.07) is 14.4. The highest BCUT2D eigenvalue weighted by Crippen LogP contribution is 2.22. The fourth-order valence-corrected chi connectivity index (χ4v) is 3.37. The van der Waals surface area contributed by atoms with E-state index >= 15 is 0 Å². The van der Waals surface area contributed by atoms with Crippen molar-refractivity contribution < 1.29 is 14.4 Å². The number of benzene rings is 2. The average Bonchev–Trinajstić information content (AvgIpc) is 2.75. The maximum absolute atomic E-state index is 12.3. The van der Waals surface area contributed by atoms with Crippen molar-refractivity contribution in [2.45, 2.75) is 33.1 Å². The van der Waals surface area contributed by atoms with Gasteiger partial charge in [0, 0.05) is 47.4 Å². The summed E-state index contributed by atoms with van der Waals surface area (Å²) in [5, 5.41) is 5.51. The molecule has 2 aromatic rings. The number of ketones is 1. The predicted octanol–water partition coefficient (Wildman–Crippen LogP) is 4.40. The molecule has 2 aromatic carbocycles. The Bertz CT molecular complexity index is 941. The van der Waals surface area contributed by atoms with E-state index in [2.05, 4.69) is 15.5 Å². The molecule has 0 radical (unpaired) electrons. The second-order valence-electron chi connectivity index (χ2n) is 7.50. The van der Waals surface area contributed by atoms with Gasteiger partial charge in [-0.1, -0.05) is 0 Å². The van der Waals surface area contributed by atoms with Crippen molar-refractivity contribution in [2.75, 3.05) is 28.6 Å². The Labute approximate surface area is 177 Å². The summed E-state index contributed by atoms with van der Waals surface area (Å²) >= 11 is 0. The summed E-state index contributed by atoms with van der Waals surface area (Å²) in [6.45, 7) is 5.21. The van der Waals surface area contributed by atoms with Gasteiger partial charge in [-0.3, -0.25) is 14.4 Å². The number of rotatable bonds is 6. The number of hydrogen-bond donors (Lipinski definition) is 2. The molecule has 0 unspecified atom stereocenters. The molecule has 2 amide bonds. The zero-order valence-electron chi connectivity index (χ0n) is 17.4. The van der Waals surface area contributed by atoms with Crippen molar-refractivity contribution in [3.05, 3.63) is 65.7 Å². The zero-order valence-corrected chi connectivity index (χ0v) is 17.4. The maximum atomic E-state index is 12.3. The summed E-state index contributed by atoms with van der Waals surface area (Å²) in [6.07, 6.45) is 4.99. The van der Waals surface area contributed by atoms with E-state index in [1.165, 1.54) is 32.3 Å². The van der Waals surface area contributed by atoms with E-state index in [-0.39, 0.29) is 23.2 Å². The van der Waals surface area contributed by atoms with Gasteiger partial charge in [-0.05, 0) is 81.6 Å². The Morgan fingerprint density at radius 3 is 1.97 bits per heavy atom. The van der Waals surface area contributed by atoms with E-state index < -0.39 is 0 Å². The van der Waals surface area contributed by atoms with Crippen molar-refractivity contribution >= 4 is 34.7 Å². The molecule has 0 aliphatic carbocycles. The summed E-state index contributed by atoms with van der Waals surface area (Å²) in [5.74, 6) is -0.772. The van der Waals surface area contributed by atoms with Gasteiger partial charge in [-0.15, -0.1) is 0 Å². The van der Waals surface area contributed by atoms with Gasteiger partial charge in [0.15, 0.2) is 5.78 Å². The number of piperidine rings is 1. The maximum Gasteiger partial charge on any atom is 0.251 e. The van der Waals surface area contributed by atoms with Gasteiger partial charge in [-0.25, -0.2) is 0 Å². The normalized spacial score (nSPS) is 14.2. The molecule has 0 atom stereocenters. The van der Waals surface area contributed by atoms with Crippen molar-refractivity contribution in [2.24, 2.45) is 0 Å². The van der Waals surface area contributed by atoms with Gasteiger partial charge >= 0.3 is 0 Å². The number of amides is 2. The van der Waals surface area contributed by atoms with Crippen molar-refractivity contribution in [1.82, 2.24) is 0 Å². The second kappa shape index (κ2) is 9.87. The first-order valence-electron chi connectivity index (χ1n) is 10.2. The highest BCUT2D eigenvalue weighted by atomic mass is 16.2. The van der Waals surface area contributed by atoms with Crippen LogP contribution in [0.15, 0.2) is 60.2 Å². The predicted molar refractivity (Wildman–Crippen MR) is 120 cm³/mol. The van der Waals surface area contributed by atoms with E-state index in [0.29, 0.717) is 16.9 Å². The minimum Gasteiger partial charge on any atom is -0.372 e. The van der Waals surface area contributed by atoms with Crippen LogP contribution in [0.1, 0.15) is 43.5 Å². The standard InChI is InChI=1S/C24H27N3O3/c1-17(24(30)26-21-8-6-19(7-9-21)18(2)28)16-23(29)25-20-10-12-22(13-11-20)27-14-4-3-5-15-27/h6-13,16H,3-5,14-15H2,1-2H3,(H,25,29)(H,26,30)/b17-16-. The fourth-order valence-electron chi connectivity index (χ4n) is 3.37. The lowest BCUT2D eigenvalue weighted by Gasteiger charge is -2.28. The van der Waals surface area contributed by atoms with E-state index in [1.807, 2.05) is 24.3 Å². The molecule has 156 valence electrons. The summed E-state index contributed by atoms with van der Waals surface area (Å²) in [5.41, 5.74) is 3.27. The SMILES string of the molecule is CC(=O)c1ccc(NC(=O)/C(C)=C\C(=O)Nc2ccc(N3CCCCC3)cc2)cc1. The van der Waals surface area contributed by atoms with E-state index in [4.69, 9.17) is 0 Å². The number of anilines is 3. The lowest BCUT2D eigenvalue weighted by atomic mass is 10.1. The van der Waals surface area contributed by atoms with Gasteiger partial charge in [0.2, 0.25) is 5.91 Å². The van der Waals surface area contributed by atoms with Gasteiger partial charge < -0.3 is 15.5 Å². The lowest BCUT2D eigenvalue weighted by Crippen LogP contribution is -2.29. The molecule has 1 fully saturated rings. The van der Waals surface area contributed by atoms with Crippen LogP contribution in [-0.4, -0.2) is 30.7 Å². The number of carbonyl (C=O) groups excluding carboxylic acids is 3. The topological polar surface area (TPSA) is 78.5 Å². The van der Waals surface area contributed by atoms with Crippen LogP contribution < -0.4 is 15.5 Å². The highest BCUT2D eigenvalue weighted by Gasteiger charge is 2.11. The average molecular weight is 405 g/mol. The van der Waals surface area contributed by atoms with Crippen LogP contribution in [0.4, 0.5) is 17.1 Å². The van der Waals surface area contributed by atoms with Gasteiger partial charge in [0.05, 0.1) is 0 Å². The number of hydrogen-bond acceptors (Lipinski definition) is 4. The molecule has 0 spiro atoms. The molecule has 6 heteroatoms. The molecule has 30 heavy (non-hydrogen) atoms. The molecule has 6 nitrogen and oxygen atoms in total. The number of nitrogens with one attached hydrogen (secondary N) is 2. The van der Waals surface area contributed by atoms with Crippen LogP contribution in [0.25, 0.3) is 0 Å². The van der Waals surface area contributed by atoms with Crippen molar-refractivity contribution in [1.29, 1.82) is 0 Å². The zero-order chi connectivity index (χ0) is 21.5. The fraction of sp³-hybridized carbons (Fsp3) is 0.292. The van der Waals surface area contributed by atoms with Crippen LogP contribution >= 0.6 is 0 Å². The minimum absolute atomic E-state index is 0.0374. The number of carbonyl (C=O) groups is 3. The molecule has 3 rings (SSSR count). The Morgan fingerprint density at radius 2 is 1.37 bits per heavy atom. The van der Waals surface area contributed by atoms with Gasteiger partial charge in [0.1, 0.15) is 0 Å². The van der Waals surface area contributed by atoms with E-state index in [9.17, 15) is 14.4 Å². The first kappa shape index (κ1) is 21.3. The Kier molecular flexibility index (Phi) is 7.01. The third-order valence-corrected chi connectivity index (χ3v) is 5.11. The summed E-state index contributed by atoms with van der Waals surface area (Å²) in [4.78, 5) is 38.2. The Morgan fingerprint density at radius 1 is 0.800 bits per heavy atom. The Hall–Kier alpha value is -3.41. The lowest BCUT2D eigenvalue weighted by molar-refractivity contribution is -0.114. The summed E-state index contributed by atoms with van der Waals surface area (Å²) in [7, 11) is 0. The van der Waals surface area contributed by atoms with Crippen molar-refractivity contribution in [3.8, 4) is 0 Å². The molecule has 2 N–H and O–H groups in total. The molecule has 0 aromatic heterocycles. The van der Waals surface area contributed by atoms with Crippen LogP contribution in [0.3, 0.4) is 0 Å². The molecule has 1 aliphatic rings. The minimum atomic E-state index is -0.374. The smallest absolute Gasteiger partial charge is 0.251 e. The molecule has 1 aliphatic heterocycles. The first-order valence-corrected chi connectivity index (χ1v) is 10.2. The Balaban J connectivity index is 1.55. The number of nitrogens with zero attached hydrogens (tertiary/aromatic N) is 1. The molecule has 0 bridgehead atoms. The van der Waals surface area contributed by atoms with Crippen molar-refractivity contribution in [3.63, 3.8) is 0 Å². The van der Waals surface area contributed by atoms with Gasteiger partial charge in [0.25, 0.3) is 5.91 Å². The van der Waals surface area contributed by atoms with Crippen LogP contribution in [0.5, 0.6) is 0 Å². The second-order valence-corrected chi connectivity index (χ2v) is 7.50. The molecule has 1 saturated heterocycles. The molecule has 1 heterocycles. The monoisotopic (exact) mass is 405 g/mol. The third kappa shape index (κ3) is 5.80. The third-order valence-electron chi connectivity index (χ3n) is 5.11. The van der Waals surface area contributed by atoms with Gasteiger partial charge in [-0.2, -0.15) is 0 Å². The molecule has 0 saturated carbocycles. The highest BCUT2D eigenvalue weighted by molar-refractivity contribution is 6.10. The van der Waals surface area contributed by atoms with Crippen LogP contribution in [0.2, 0.25) is 0 Å². The molecular weight excluding hydrogens is 378 g/mol.